The summed E-state index contributed by atoms with van der Waals surface area (Å²) in [6.07, 6.45) is 72.8. The molecule has 5 unspecified atom stereocenters. The molecule has 17 nitrogen and oxygen atoms in total. The summed E-state index contributed by atoms with van der Waals surface area (Å²) in [6, 6.07) is 0. The van der Waals surface area contributed by atoms with Gasteiger partial charge in [0.05, 0.1) is 26.4 Å². The van der Waals surface area contributed by atoms with Gasteiger partial charge in [-0.2, -0.15) is 0 Å². The lowest BCUT2D eigenvalue weighted by Crippen LogP contribution is -2.30. The van der Waals surface area contributed by atoms with Crippen molar-refractivity contribution >= 4 is 39.5 Å². The minimum atomic E-state index is -4.98. The fourth-order valence-corrected chi connectivity index (χ4v) is 12.0. The maximum Gasteiger partial charge on any atom is 0.472 e. The number of aliphatic hydroxyl groups excluding tert-OH is 1. The van der Waals surface area contributed by atoms with Crippen molar-refractivity contribution in [3.05, 3.63) is 85.1 Å². The van der Waals surface area contributed by atoms with E-state index in [9.17, 15) is 43.2 Å². The van der Waals surface area contributed by atoms with E-state index in [-0.39, 0.29) is 25.7 Å². The Morgan fingerprint density at radius 3 is 0.878 bits per heavy atom. The van der Waals surface area contributed by atoms with Crippen molar-refractivity contribution < 1.29 is 80.2 Å². The van der Waals surface area contributed by atoms with Crippen LogP contribution in [-0.4, -0.2) is 96.7 Å². The highest BCUT2D eigenvalue weighted by atomic mass is 31.2. The third kappa shape index (κ3) is 70.7. The summed E-state index contributed by atoms with van der Waals surface area (Å²) in [7, 11) is -9.95. The maximum atomic E-state index is 13.1. The van der Waals surface area contributed by atoms with E-state index in [1.807, 2.05) is 0 Å². The first-order valence-corrected chi connectivity index (χ1v) is 41.8. The number of phosphoric ester groups is 2. The number of hydrogen-bond donors (Lipinski definition) is 3. The van der Waals surface area contributed by atoms with Crippen LogP contribution in [0.3, 0.4) is 0 Å². The third-order valence-corrected chi connectivity index (χ3v) is 18.2. The number of aliphatic hydroxyl groups is 1. The topological polar surface area (TPSA) is 237 Å². The van der Waals surface area contributed by atoms with Gasteiger partial charge in [-0.15, -0.1) is 0 Å². The monoisotopic (exact) mass is 1420 g/mol. The van der Waals surface area contributed by atoms with Gasteiger partial charge in [0.25, 0.3) is 0 Å². The molecule has 0 aromatic rings. The third-order valence-electron chi connectivity index (χ3n) is 16.3. The molecule has 0 aliphatic heterocycles. The molecule has 0 saturated carbocycles. The Hall–Kier alpha value is -3.76. The molecule has 0 aliphatic rings. The molecule has 3 N–H and O–H groups in total. The van der Waals surface area contributed by atoms with E-state index in [0.717, 1.165) is 161 Å². The molecule has 0 fully saturated rings. The number of esters is 4. The van der Waals surface area contributed by atoms with Crippen molar-refractivity contribution in [1.29, 1.82) is 0 Å². The SMILES string of the molecule is CC/C=C\C/C=C\C/C=C\C/C=C\CCCCCCC(=O)OCC(COP(=O)(O)OCC(O)COP(=O)(O)OCC(COC(=O)CCCCCCC/C=C\C/C=C\CCCCC)OC(=O)CCCCCCC/C=C\CCCC)OC(=O)CCCCCCCCCCCCCCCCC. The smallest absolute Gasteiger partial charge is 0.462 e. The predicted molar refractivity (Wildman–Crippen MR) is 399 cm³/mol. The van der Waals surface area contributed by atoms with Gasteiger partial charge >= 0.3 is 39.5 Å². The summed E-state index contributed by atoms with van der Waals surface area (Å²) < 4.78 is 68.5. The van der Waals surface area contributed by atoms with Gasteiger partial charge < -0.3 is 33.8 Å². The van der Waals surface area contributed by atoms with Crippen LogP contribution in [0.4, 0.5) is 0 Å². The van der Waals surface area contributed by atoms with Crippen LogP contribution in [0.1, 0.15) is 336 Å². The van der Waals surface area contributed by atoms with E-state index in [1.54, 1.807) is 0 Å². The van der Waals surface area contributed by atoms with Crippen LogP contribution in [0.15, 0.2) is 85.1 Å². The Morgan fingerprint density at radius 1 is 0.296 bits per heavy atom. The fraction of sp³-hybridized carbons (Fsp3) is 0.772. The molecule has 0 radical (unpaired) electrons. The number of carbonyl (C=O) groups is 4. The number of carbonyl (C=O) groups excluding carboxylic acids is 4. The Balaban J connectivity index is 5.34. The summed E-state index contributed by atoms with van der Waals surface area (Å²) in [5.41, 5.74) is 0. The Labute approximate surface area is 595 Å². The van der Waals surface area contributed by atoms with Gasteiger partial charge in [-0.05, 0) is 116 Å². The van der Waals surface area contributed by atoms with Crippen LogP contribution in [0.5, 0.6) is 0 Å². The van der Waals surface area contributed by atoms with Crippen LogP contribution in [0.25, 0.3) is 0 Å². The number of hydrogen-bond acceptors (Lipinski definition) is 15. The summed E-state index contributed by atoms with van der Waals surface area (Å²) in [5, 5.41) is 10.6. The highest BCUT2D eigenvalue weighted by Crippen LogP contribution is 2.45. The minimum absolute atomic E-state index is 0.0827. The number of phosphoric acid groups is 2. The van der Waals surface area contributed by atoms with Crippen molar-refractivity contribution in [1.82, 2.24) is 0 Å². The zero-order valence-electron chi connectivity index (χ0n) is 62.0. The molecule has 0 saturated heterocycles. The second kappa shape index (κ2) is 71.6. The zero-order valence-corrected chi connectivity index (χ0v) is 63.7. The van der Waals surface area contributed by atoms with Crippen LogP contribution < -0.4 is 0 Å². The molecule has 0 rings (SSSR count). The molecular formula is C79H140O17P2. The molecular weight excluding hydrogens is 1280 g/mol. The normalized spacial score (nSPS) is 14.4. The Bertz CT molecular complexity index is 2190. The molecule has 5 atom stereocenters. The highest BCUT2D eigenvalue weighted by Gasteiger charge is 2.30. The van der Waals surface area contributed by atoms with E-state index < -0.39 is 97.5 Å². The van der Waals surface area contributed by atoms with Crippen LogP contribution in [0.2, 0.25) is 0 Å². The van der Waals surface area contributed by atoms with Gasteiger partial charge in [-0.1, -0.05) is 280 Å². The first-order valence-electron chi connectivity index (χ1n) is 38.8. The van der Waals surface area contributed by atoms with E-state index >= 15 is 0 Å². The maximum absolute atomic E-state index is 13.1. The van der Waals surface area contributed by atoms with Crippen molar-refractivity contribution in [3.8, 4) is 0 Å². The second-order valence-corrected chi connectivity index (χ2v) is 28.8. The molecule has 0 spiro atoms. The van der Waals surface area contributed by atoms with Gasteiger partial charge in [0.1, 0.15) is 19.3 Å². The minimum Gasteiger partial charge on any atom is -0.462 e. The second-order valence-electron chi connectivity index (χ2n) is 25.9. The number of unbranched alkanes of at least 4 members (excludes halogenated alkanes) is 33. The van der Waals surface area contributed by atoms with E-state index in [1.165, 1.54) is 96.3 Å². The lowest BCUT2D eigenvalue weighted by Gasteiger charge is -2.21. The van der Waals surface area contributed by atoms with Gasteiger partial charge in [0.15, 0.2) is 12.2 Å². The molecule has 0 amide bonds. The van der Waals surface area contributed by atoms with Crippen LogP contribution in [-0.2, 0) is 65.4 Å². The molecule has 0 heterocycles. The van der Waals surface area contributed by atoms with E-state index in [0.29, 0.717) is 25.7 Å². The number of allylic oxidation sites excluding steroid dienone is 14. The standard InChI is InChI=1S/C79H140O17P2/c1-5-9-13-17-21-25-29-32-35-36-39-41-45-48-52-56-60-64-77(82)90-70-75(96-79(84)66-62-58-54-50-46-42-38-34-31-27-23-19-15-11-7-3)72-94-98(87,88)92-68-73(80)67-91-97(85,86)93-71-74(95-78(83)65-61-57-53-49-43-28-24-20-16-12-8-4)69-89-76(81)63-59-55-51-47-44-40-37-33-30-26-22-18-14-10-6-2/h9,13,20-22,24-26,32-33,35,37,39,41,73-75,80H,5-8,10-12,14-19,23,27-31,34,36,38,40,42-72H2,1-4H3,(H,85,86)(H,87,88)/b13-9-,24-20-,25-21-,26-22-,35-32-,37-33-,41-39-. The predicted octanol–water partition coefficient (Wildman–Crippen LogP) is 22.2. The van der Waals surface area contributed by atoms with E-state index in [4.69, 9.17) is 37.0 Å². The van der Waals surface area contributed by atoms with Crippen molar-refractivity contribution in [2.75, 3.05) is 39.6 Å². The molecule has 98 heavy (non-hydrogen) atoms. The molecule has 0 aliphatic carbocycles. The first kappa shape index (κ1) is 94.2. The van der Waals surface area contributed by atoms with Gasteiger partial charge in [-0.25, -0.2) is 9.13 Å². The van der Waals surface area contributed by atoms with Crippen molar-refractivity contribution in [3.63, 3.8) is 0 Å². The number of ether oxygens (including phenoxy) is 4. The highest BCUT2D eigenvalue weighted by molar-refractivity contribution is 7.47. The van der Waals surface area contributed by atoms with Crippen LogP contribution >= 0.6 is 15.6 Å². The summed E-state index contributed by atoms with van der Waals surface area (Å²) in [5.74, 6) is -2.21. The molecule has 568 valence electrons. The summed E-state index contributed by atoms with van der Waals surface area (Å²) in [6.45, 7) is 4.68. The van der Waals surface area contributed by atoms with Gasteiger partial charge in [-0.3, -0.25) is 37.3 Å². The molecule has 0 aromatic carbocycles. The van der Waals surface area contributed by atoms with Crippen LogP contribution in [0, 0.1) is 0 Å². The Morgan fingerprint density at radius 2 is 0.541 bits per heavy atom. The molecule has 19 heteroatoms. The largest absolute Gasteiger partial charge is 0.472 e. The summed E-state index contributed by atoms with van der Waals surface area (Å²) in [4.78, 5) is 72.8. The van der Waals surface area contributed by atoms with Gasteiger partial charge in [0.2, 0.25) is 0 Å². The van der Waals surface area contributed by atoms with Gasteiger partial charge in [0, 0.05) is 25.7 Å². The Kier molecular flexibility index (Phi) is 68.9. The summed E-state index contributed by atoms with van der Waals surface area (Å²) >= 11 is 0. The fourth-order valence-electron chi connectivity index (χ4n) is 10.4. The number of rotatable bonds is 73. The van der Waals surface area contributed by atoms with Crippen molar-refractivity contribution in [2.24, 2.45) is 0 Å². The average Bonchev–Trinajstić information content (AvgIpc) is 0.986. The zero-order chi connectivity index (χ0) is 71.8. The lowest BCUT2D eigenvalue weighted by molar-refractivity contribution is -0.161. The quantitative estimate of drug-likeness (QED) is 0.0169. The molecule has 0 aromatic heterocycles. The molecule has 0 bridgehead atoms. The first-order chi connectivity index (χ1) is 47.7. The average molecular weight is 1420 g/mol. The van der Waals surface area contributed by atoms with Crippen molar-refractivity contribution in [2.45, 2.75) is 354 Å². The van der Waals surface area contributed by atoms with E-state index in [2.05, 4.69) is 113 Å². The lowest BCUT2D eigenvalue weighted by atomic mass is 10.0.